The number of piperidine rings is 1. The van der Waals surface area contributed by atoms with Crippen molar-refractivity contribution in [2.45, 2.75) is 97.2 Å². The maximum atomic E-state index is 10.1. The monoisotopic (exact) mass is 401 g/mol. The number of nitrogens with zero attached hydrogens (tertiary/aromatic N) is 3. The number of likely N-dealkylation sites (tertiary alicyclic amines) is 1. The van der Waals surface area contributed by atoms with Gasteiger partial charge in [0.15, 0.2) is 0 Å². The molecule has 2 fully saturated rings. The Morgan fingerprint density at radius 1 is 1.14 bits per heavy atom. The number of hydrogen-bond donors (Lipinski definition) is 1. The molecule has 1 aliphatic heterocycles. The van der Waals surface area contributed by atoms with E-state index in [1.807, 2.05) is 18.3 Å². The Labute approximate surface area is 173 Å². The zero-order chi connectivity index (χ0) is 20.1. The molecule has 28 heavy (non-hydrogen) atoms. The van der Waals surface area contributed by atoms with Crippen LogP contribution >= 0.6 is 11.3 Å². The number of thiophene rings is 1. The molecule has 0 aromatic carbocycles. The van der Waals surface area contributed by atoms with Gasteiger partial charge in [0.25, 0.3) is 0 Å². The molecule has 0 radical (unpaired) electrons. The van der Waals surface area contributed by atoms with E-state index in [9.17, 15) is 5.11 Å². The molecule has 0 amide bonds. The van der Waals surface area contributed by atoms with Gasteiger partial charge >= 0.3 is 0 Å². The summed E-state index contributed by atoms with van der Waals surface area (Å²) in [5.41, 5.74) is 1.65. The maximum absolute atomic E-state index is 10.1. The molecule has 4 rings (SSSR count). The molecule has 1 N–H and O–H groups in total. The summed E-state index contributed by atoms with van der Waals surface area (Å²) in [5.74, 6) is 1.55. The van der Waals surface area contributed by atoms with Gasteiger partial charge in [0.2, 0.25) is 0 Å². The number of aryl methyl sites for hydroxylation is 1. The second kappa shape index (κ2) is 7.33. The van der Waals surface area contributed by atoms with Crippen molar-refractivity contribution in [3.63, 3.8) is 0 Å². The molecule has 3 heterocycles. The molecule has 4 nitrogen and oxygen atoms in total. The smallest absolute Gasteiger partial charge is 0.127 e. The van der Waals surface area contributed by atoms with Gasteiger partial charge in [-0.05, 0) is 76.7 Å². The summed E-state index contributed by atoms with van der Waals surface area (Å²) in [5, 5.41) is 11.3. The third-order valence-electron chi connectivity index (χ3n) is 7.01. The first-order valence-corrected chi connectivity index (χ1v) is 11.6. The summed E-state index contributed by atoms with van der Waals surface area (Å²) < 4.78 is 0. The number of aliphatic hydroxyl groups is 1. The first-order valence-electron chi connectivity index (χ1n) is 10.8. The van der Waals surface area contributed by atoms with Gasteiger partial charge in [-0.2, -0.15) is 0 Å². The summed E-state index contributed by atoms with van der Waals surface area (Å²) >= 11 is 1.88. The first-order chi connectivity index (χ1) is 13.1. The van der Waals surface area contributed by atoms with Gasteiger partial charge in [0.1, 0.15) is 10.7 Å². The highest BCUT2D eigenvalue weighted by molar-refractivity contribution is 7.18. The topological polar surface area (TPSA) is 49.2 Å². The van der Waals surface area contributed by atoms with Gasteiger partial charge in [-0.3, -0.25) is 4.90 Å². The van der Waals surface area contributed by atoms with E-state index >= 15 is 0 Å². The van der Waals surface area contributed by atoms with E-state index in [0.29, 0.717) is 11.3 Å². The third kappa shape index (κ3) is 4.12. The Morgan fingerprint density at radius 2 is 1.86 bits per heavy atom. The second-order valence-corrected chi connectivity index (χ2v) is 11.5. The summed E-state index contributed by atoms with van der Waals surface area (Å²) in [6.07, 6.45) is 6.71. The predicted octanol–water partition coefficient (Wildman–Crippen LogP) is 5.42. The number of rotatable bonds is 3. The lowest BCUT2D eigenvalue weighted by Gasteiger charge is -2.44. The van der Waals surface area contributed by atoms with Crippen molar-refractivity contribution in [3.8, 4) is 0 Å². The molecule has 5 heteroatoms. The molecule has 1 atom stereocenters. The lowest BCUT2D eigenvalue weighted by atomic mass is 9.73. The molecule has 1 aliphatic carbocycles. The summed E-state index contributed by atoms with van der Waals surface area (Å²) in [4.78, 5) is 14.8. The normalized spacial score (nSPS) is 26.0. The van der Waals surface area contributed by atoms with E-state index in [-0.39, 0.29) is 11.6 Å². The molecule has 1 saturated heterocycles. The van der Waals surface area contributed by atoms with Crippen LogP contribution in [-0.4, -0.2) is 38.2 Å². The van der Waals surface area contributed by atoms with E-state index in [1.165, 1.54) is 35.9 Å². The summed E-state index contributed by atoms with van der Waals surface area (Å²) in [6, 6.07) is 2.39. The van der Waals surface area contributed by atoms with Crippen molar-refractivity contribution >= 4 is 21.6 Å². The molecule has 1 saturated carbocycles. The highest BCUT2D eigenvalue weighted by Gasteiger charge is 2.35. The zero-order valence-corrected chi connectivity index (χ0v) is 18.9. The van der Waals surface area contributed by atoms with Gasteiger partial charge in [-0.25, -0.2) is 9.97 Å². The zero-order valence-electron chi connectivity index (χ0n) is 18.1. The van der Waals surface area contributed by atoms with Gasteiger partial charge < -0.3 is 5.11 Å². The Kier molecular flexibility index (Phi) is 5.30. The standard InChI is InChI=1S/C23H35N3OS/c1-15-24-19(14-26-11-8-17(27)13-23(26,4)5)18-12-20(28-21(18)25-15)16-6-9-22(2,3)10-7-16/h12,16-17,27H,6-11,13-14H2,1-5H3. The quantitative estimate of drug-likeness (QED) is 0.746. The van der Waals surface area contributed by atoms with Crippen LogP contribution in [0.15, 0.2) is 6.07 Å². The van der Waals surface area contributed by atoms with Gasteiger partial charge in [0, 0.05) is 28.9 Å². The molecule has 154 valence electrons. The highest BCUT2D eigenvalue weighted by atomic mass is 32.1. The predicted molar refractivity (Wildman–Crippen MR) is 117 cm³/mol. The van der Waals surface area contributed by atoms with Gasteiger partial charge in [-0.1, -0.05) is 13.8 Å². The SMILES string of the molecule is Cc1nc(CN2CCC(O)CC2(C)C)c2cc(C3CCC(C)(C)CC3)sc2n1. The minimum absolute atomic E-state index is 0.00332. The molecular weight excluding hydrogens is 366 g/mol. The molecular formula is C23H35N3OS. The molecule has 2 aromatic heterocycles. The van der Waals surface area contributed by atoms with Gasteiger partial charge in [0.05, 0.1) is 11.8 Å². The number of aromatic nitrogens is 2. The maximum Gasteiger partial charge on any atom is 0.127 e. The van der Waals surface area contributed by atoms with Gasteiger partial charge in [-0.15, -0.1) is 11.3 Å². The Bertz CT molecular complexity index is 847. The van der Waals surface area contributed by atoms with Crippen LogP contribution in [0, 0.1) is 12.3 Å². The van der Waals surface area contributed by atoms with E-state index in [4.69, 9.17) is 9.97 Å². The van der Waals surface area contributed by atoms with Crippen molar-refractivity contribution < 1.29 is 5.11 Å². The van der Waals surface area contributed by atoms with E-state index in [2.05, 4.69) is 38.7 Å². The van der Waals surface area contributed by atoms with E-state index in [1.54, 1.807) is 0 Å². The Balaban J connectivity index is 1.61. The molecule has 0 bridgehead atoms. The van der Waals surface area contributed by atoms with Crippen LogP contribution in [0.5, 0.6) is 0 Å². The van der Waals surface area contributed by atoms with E-state index in [0.717, 1.165) is 42.3 Å². The Hall–Kier alpha value is -1.04. The lowest BCUT2D eigenvalue weighted by Crippen LogP contribution is -2.50. The molecule has 2 aliphatic rings. The van der Waals surface area contributed by atoms with Crippen molar-refractivity contribution in [1.82, 2.24) is 14.9 Å². The summed E-state index contributed by atoms with van der Waals surface area (Å²) in [6.45, 7) is 13.1. The fourth-order valence-electron chi connectivity index (χ4n) is 5.01. The lowest BCUT2D eigenvalue weighted by molar-refractivity contribution is -0.00760. The van der Waals surface area contributed by atoms with Crippen molar-refractivity contribution in [2.75, 3.05) is 6.54 Å². The van der Waals surface area contributed by atoms with Crippen molar-refractivity contribution in [3.05, 3.63) is 22.5 Å². The minimum atomic E-state index is -0.179. The van der Waals surface area contributed by atoms with Crippen LogP contribution in [0.25, 0.3) is 10.2 Å². The van der Waals surface area contributed by atoms with Crippen LogP contribution in [0.2, 0.25) is 0 Å². The highest BCUT2D eigenvalue weighted by Crippen LogP contribution is 2.45. The molecule has 0 spiro atoms. The minimum Gasteiger partial charge on any atom is -0.393 e. The largest absolute Gasteiger partial charge is 0.393 e. The number of fused-ring (bicyclic) bond motifs is 1. The Morgan fingerprint density at radius 3 is 2.54 bits per heavy atom. The van der Waals surface area contributed by atoms with Crippen LogP contribution < -0.4 is 0 Å². The van der Waals surface area contributed by atoms with Crippen LogP contribution in [-0.2, 0) is 6.54 Å². The van der Waals surface area contributed by atoms with Crippen molar-refractivity contribution in [2.24, 2.45) is 5.41 Å². The molecule has 1 unspecified atom stereocenters. The summed E-state index contributed by atoms with van der Waals surface area (Å²) in [7, 11) is 0. The van der Waals surface area contributed by atoms with Crippen molar-refractivity contribution in [1.29, 1.82) is 0 Å². The molecule has 2 aromatic rings. The fourth-order valence-corrected chi connectivity index (χ4v) is 6.28. The first kappa shape index (κ1) is 20.2. The number of hydrogen-bond acceptors (Lipinski definition) is 5. The second-order valence-electron chi connectivity index (χ2n) is 10.4. The average Bonchev–Trinajstić information content (AvgIpc) is 3.00. The van der Waals surface area contributed by atoms with Crippen LogP contribution in [0.4, 0.5) is 0 Å². The van der Waals surface area contributed by atoms with E-state index < -0.39 is 0 Å². The van der Waals surface area contributed by atoms with Crippen LogP contribution in [0.1, 0.15) is 88.5 Å². The van der Waals surface area contributed by atoms with Crippen LogP contribution in [0.3, 0.4) is 0 Å². The average molecular weight is 402 g/mol. The fraction of sp³-hybridized carbons (Fsp3) is 0.739. The third-order valence-corrected chi connectivity index (χ3v) is 8.20. The number of aliphatic hydroxyl groups excluding tert-OH is 1.